The second-order valence-electron chi connectivity index (χ2n) is 4.77. The van der Waals surface area contributed by atoms with Crippen molar-refractivity contribution < 1.29 is 4.79 Å². The Labute approximate surface area is 82.4 Å². The Morgan fingerprint density at radius 1 is 1.33 bits per heavy atom. The molecule has 2 rings (SSSR count). The van der Waals surface area contributed by atoms with E-state index in [2.05, 4.69) is 13.8 Å². The van der Waals surface area contributed by atoms with Crippen LogP contribution >= 0.6 is 23.2 Å². The molecule has 0 unspecified atom stereocenters. The molecule has 0 saturated heterocycles. The van der Waals surface area contributed by atoms with E-state index in [1.165, 1.54) is 0 Å². The number of ketones is 1. The molecule has 3 heteroatoms. The van der Waals surface area contributed by atoms with Crippen LogP contribution in [0.1, 0.15) is 26.7 Å². The summed E-state index contributed by atoms with van der Waals surface area (Å²) in [4.78, 5) is 11.4. The minimum absolute atomic E-state index is 0.0430. The van der Waals surface area contributed by atoms with E-state index in [9.17, 15) is 4.79 Å². The van der Waals surface area contributed by atoms with Crippen LogP contribution in [0.15, 0.2) is 0 Å². The first-order chi connectivity index (χ1) is 5.34. The molecule has 2 saturated carbocycles. The van der Waals surface area contributed by atoms with E-state index in [0.29, 0.717) is 0 Å². The lowest BCUT2D eigenvalue weighted by molar-refractivity contribution is -0.133. The molecule has 12 heavy (non-hydrogen) atoms. The summed E-state index contributed by atoms with van der Waals surface area (Å²) < 4.78 is -1.06. The summed E-state index contributed by atoms with van der Waals surface area (Å²) in [6.45, 7) is 4.34. The summed E-state index contributed by atoms with van der Waals surface area (Å²) in [6, 6.07) is 0. The minimum atomic E-state index is -1.06. The number of hydrogen-bond acceptors (Lipinski definition) is 1. The highest BCUT2D eigenvalue weighted by Crippen LogP contribution is 2.61. The molecule has 1 nitrogen and oxygen atoms in total. The summed E-state index contributed by atoms with van der Waals surface area (Å²) in [7, 11) is 0. The van der Waals surface area contributed by atoms with Gasteiger partial charge in [-0.25, -0.2) is 0 Å². The van der Waals surface area contributed by atoms with Gasteiger partial charge in [0.2, 0.25) is 0 Å². The Hall–Kier alpha value is 0.250. The van der Waals surface area contributed by atoms with Crippen LogP contribution in [-0.2, 0) is 4.79 Å². The number of hydrogen-bond donors (Lipinski definition) is 0. The SMILES string of the molecule is CC1(C)C[C@@H]2C(=O)C(Cl)(Cl)[C@@H]2C1. The molecule has 2 atom stereocenters. The van der Waals surface area contributed by atoms with E-state index < -0.39 is 4.33 Å². The number of rotatable bonds is 0. The standard InChI is InChI=1S/C9H12Cl2O/c1-8(2)3-5-6(4-8)9(10,11)7(5)12/h5-6H,3-4H2,1-2H3/t5-,6+/m0/s1. The van der Waals surface area contributed by atoms with Crippen molar-refractivity contribution in [3.8, 4) is 0 Å². The first-order valence-electron chi connectivity index (χ1n) is 4.27. The van der Waals surface area contributed by atoms with E-state index in [-0.39, 0.29) is 23.0 Å². The van der Waals surface area contributed by atoms with Gasteiger partial charge >= 0.3 is 0 Å². The van der Waals surface area contributed by atoms with Gasteiger partial charge in [-0.15, -0.1) is 0 Å². The predicted molar refractivity (Wildman–Crippen MR) is 49.4 cm³/mol. The fraction of sp³-hybridized carbons (Fsp3) is 0.889. The Bertz CT molecular complexity index is 245. The van der Waals surface area contributed by atoms with E-state index in [4.69, 9.17) is 23.2 Å². The first kappa shape index (κ1) is 8.83. The maximum Gasteiger partial charge on any atom is 0.179 e. The van der Waals surface area contributed by atoms with Crippen molar-refractivity contribution in [2.24, 2.45) is 17.3 Å². The monoisotopic (exact) mass is 206 g/mol. The highest BCUT2D eigenvalue weighted by molar-refractivity contribution is 6.60. The van der Waals surface area contributed by atoms with Crippen molar-refractivity contribution in [1.29, 1.82) is 0 Å². The third-order valence-electron chi connectivity index (χ3n) is 3.16. The zero-order valence-electron chi connectivity index (χ0n) is 7.23. The Morgan fingerprint density at radius 3 is 2.42 bits per heavy atom. The van der Waals surface area contributed by atoms with Crippen molar-refractivity contribution in [3.63, 3.8) is 0 Å². The molecule has 0 spiro atoms. The van der Waals surface area contributed by atoms with Gasteiger partial charge in [0.05, 0.1) is 0 Å². The maximum atomic E-state index is 11.4. The van der Waals surface area contributed by atoms with E-state index in [1.54, 1.807) is 0 Å². The zero-order valence-corrected chi connectivity index (χ0v) is 8.74. The topological polar surface area (TPSA) is 17.1 Å². The Kier molecular flexibility index (Phi) is 1.61. The van der Waals surface area contributed by atoms with Crippen molar-refractivity contribution in [3.05, 3.63) is 0 Å². The molecule has 2 aliphatic carbocycles. The van der Waals surface area contributed by atoms with Gasteiger partial charge < -0.3 is 0 Å². The van der Waals surface area contributed by atoms with Gasteiger partial charge in [0, 0.05) is 11.8 Å². The van der Waals surface area contributed by atoms with Crippen LogP contribution in [-0.4, -0.2) is 10.1 Å². The van der Waals surface area contributed by atoms with Crippen LogP contribution in [0.3, 0.4) is 0 Å². The third-order valence-corrected chi connectivity index (χ3v) is 4.09. The largest absolute Gasteiger partial charge is 0.296 e. The van der Waals surface area contributed by atoms with Crippen LogP contribution in [0.5, 0.6) is 0 Å². The van der Waals surface area contributed by atoms with Crippen LogP contribution in [0.25, 0.3) is 0 Å². The summed E-state index contributed by atoms with van der Waals surface area (Å²) in [5.41, 5.74) is 0.247. The highest BCUT2D eigenvalue weighted by Gasteiger charge is 2.65. The molecule has 68 valence electrons. The molecule has 0 aromatic carbocycles. The van der Waals surface area contributed by atoms with Gasteiger partial charge in [0.15, 0.2) is 10.1 Å². The molecule has 0 bridgehead atoms. The Balaban J connectivity index is 2.23. The molecule has 0 N–H and O–H groups in total. The van der Waals surface area contributed by atoms with Crippen molar-refractivity contribution in [2.75, 3.05) is 0 Å². The van der Waals surface area contributed by atoms with Crippen LogP contribution in [0, 0.1) is 17.3 Å². The zero-order chi connectivity index (χ0) is 9.15. The van der Waals surface area contributed by atoms with Gasteiger partial charge in [-0.1, -0.05) is 37.0 Å². The molecule has 0 aliphatic heterocycles. The summed E-state index contributed by atoms with van der Waals surface area (Å²) in [5, 5.41) is 0. The maximum absolute atomic E-state index is 11.4. The molecule has 2 aliphatic rings. The molecule has 0 radical (unpaired) electrons. The molecular formula is C9H12Cl2O. The van der Waals surface area contributed by atoms with E-state index in [0.717, 1.165) is 12.8 Å². The van der Waals surface area contributed by atoms with Crippen molar-refractivity contribution in [2.45, 2.75) is 31.0 Å². The lowest BCUT2D eigenvalue weighted by atomic mass is 9.74. The number of Topliss-reactive ketones (excluding diaryl/α,β-unsaturated/α-hetero) is 1. The molecular weight excluding hydrogens is 195 g/mol. The van der Waals surface area contributed by atoms with E-state index >= 15 is 0 Å². The Morgan fingerprint density at radius 2 is 1.92 bits per heavy atom. The number of alkyl halides is 2. The quantitative estimate of drug-likeness (QED) is 0.558. The summed E-state index contributed by atoms with van der Waals surface area (Å²) in [6.07, 6.45) is 1.94. The minimum Gasteiger partial charge on any atom is -0.296 e. The number of carbonyl (C=O) groups excluding carboxylic acids is 1. The summed E-state index contributed by atoms with van der Waals surface area (Å²) in [5.74, 6) is 0.403. The lowest BCUT2D eigenvalue weighted by Crippen LogP contribution is -2.53. The fourth-order valence-corrected chi connectivity index (χ4v) is 3.29. The van der Waals surface area contributed by atoms with Crippen LogP contribution in [0.4, 0.5) is 0 Å². The highest BCUT2D eigenvalue weighted by atomic mass is 35.5. The number of halogens is 2. The molecule has 0 aromatic rings. The fourth-order valence-electron chi connectivity index (χ4n) is 2.55. The smallest absolute Gasteiger partial charge is 0.179 e. The average molecular weight is 207 g/mol. The normalized spacial score (nSPS) is 42.2. The number of carbonyl (C=O) groups is 1. The molecule has 2 fully saturated rings. The summed E-state index contributed by atoms with van der Waals surface area (Å²) >= 11 is 11.8. The van der Waals surface area contributed by atoms with Crippen LogP contribution < -0.4 is 0 Å². The van der Waals surface area contributed by atoms with Crippen LogP contribution in [0.2, 0.25) is 0 Å². The molecule has 0 aromatic heterocycles. The first-order valence-corrected chi connectivity index (χ1v) is 5.02. The second-order valence-corrected chi connectivity index (χ2v) is 6.16. The number of fused-ring (bicyclic) bond motifs is 1. The van der Waals surface area contributed by atoms with Gasteiger partial charge in [-0.3, -0.25) is 4.79 Å². The molecule has 0 amide bonds. The molecule has 0 heterocycles. The van der Waals surface area contributed by atoms with Gasteiger partial charge in [0.25, 0.3) is 0 Å². The van der Waals surface area contributed by atoms with Crippen molar-refractivity contribution in [1.82, 2.24) is 0 Å². The van der Waals surface area contributed by atoms with Crippen molar-refractivity contribution >= 4 is 29.0 Å². The van der Waals surface area contributed by atoms with Gasteiger partial charge in [-0.2, -0.15) is 0 Å². The van der Waals surface area contributed by atoms with Gasteiger partial charge in [0.1, 0.15) is 0 Å². The second kappa shape index (κ2) is 2.19. The van der Waals surface area contributed by atoms with E-state index in [1.807, 2.05) is 0 Å². The van der Waals surface area contributed by atoms with Gasteiger partial charge in [-0.05, 0) is 18.3 Å². The average Bonchev–Trinajstić information content (AvgIpc) is 2.24. The lowest BCUT2D eigenvalue weighted by Gasteiger charge is -2.41. The third kappa shape index (κ3) is 0.958. The predicted octanol–water partition coefficient (Wildman–Crippen LogP) is 2.80.